The average Bonchev–Trinajstić information content (AvgIpc) is 2.70. The Morgan fingerprint density at radius 3 is 2.76 bits per heavy atom. The number of nitrogens with zero attached hydrogens (tertiary/aromatic N) is 1. The molecule has 3 nitrogen and oxygen atoms in total. The van der Waals surface area contributed by atoms with E-state index in [2.05, 4.69) is 27.8 Å². The summed E-state index contributed by atoms with van der Waals surface area (Å²) in [5.41, 5.74) is 10.2. The lowest BCUT2D eigenvalue weighted by molar-refractivity contribution is 0.689. The Bertz CT molecular complexity index is 505. The van der Waals surface area contributed by atoms with Crippen molar-refractivity contribution in [3.63, 3.8) is 0 Å². The van der Waals surface area contributed by atoms with Crippen molar-refractivity contribution in [2.45, 2.75) is 26.9 Å². The van der Waals surface area contributed by atoms with E-state index in [1.807, 2.05) is 19.9 Å². The molecule has 0 fully saturated rings. The smallest absolute Gasteiger partial charge is 0.107 e. The highest BCUT2D eigenvalue weighted by molar-refractivity contribution is 7.09. The van der Waals surface area contributed by atoms with E-state index in [1.54, 1.807) is 11.3 Å². The highest BCUT2D eigenvalue weighted by Gasteiger charge is 1.99. The van der Waals surface area contributed by atoms with E-state index in [4.69, 9.17) is 5.73 Å². The van der Waals surface area contributed by atoms with Gasteiger partial charge in [-0.1, -0.05) is 12.1 Å². The van der Waals surface area contributed by atoms with Crippen LogP contribution in [0.25, 0.3) is 0 Å². The Kier molecular flexibility index (Phi) is 3.76. The number of nitrogens with two attached hydrogens (primary N) is 1. The molecule has 0 aliphatic carbocycles. The first-order valence-corrected chi connectivity index (χ1v) is 6.50. The second kappa shape index (κ2) is 5.29. The minimum atomic E-state index is 0.812. The Morgan fingerprint density at radius 1 is 1.29 bits per heavy atom. The molecular weight excluding hydrogens is 230 g/mol. The number of aryl methyl sites for hydroxylation is 2. The van der Waals surface area contributed by atoms with E-state index in [-0.39, 0.29) is 0 Å². The quantitative estimate of drug-likeness (QED) is 0.817. The zero-order chi connectivity index (χ0) is 12.3. The fourth-order valence-corrected chi connectivity index (χ4v) is 2.34. The van der Waals surface area contributed by atoms with Crippen molar-refractivity contribution in [3.05, 3.63) is 45.4 Å². The summed E-state index contributed by atoms with van der Waals surface area (Å²) in [4.78, 5) is 4.40. The van der Waals surface area contributed by atoms with Crippen LogP contribution in [0.1, 0.15) is 21.8 Å². The zero-order valence-electron chi connectivity index (χ0n) is 10.2. The largest absolute Gasteiger partial charge is 0.399 e. The van der Waals surface area contributed by atoms with Gasteiger partial charge in [0.05, 0.1) is 0 Å². The van der Waals surface area contributed by atoms with Crippen LogP contribution in [0.4, 0.5) is 5.69 Å². The first-order chi connectivity index (χ1) is 8.15. The predicted molar refractivity (Wildman–Crippen MR) is 73.0 cm³/mol. The second-order valence-electron chi connectivity index (χ2n) is 4.18. The first-order valence-electron chi connectivity index (χ1n) is 5.62. The number of anilines is 1. The van der Waals surface area contributed by atoms with Crippen LogP contribution in [0.15, 0.2) is 23.6 Å². The molecular formula is C13H17N3S. The molecule has 1 aromatic heterocycles. The number of rotatable bonds is 4. The van der Waals surface area contributed by atoms with Gasteiger partial charge in [-0.25, -0.2) is 4.98 Å². The second-order valence-corrected chi connectivity index (χ2v) is 5.12. The van der Waals surface area contributed by atoms with E-state index >= 15 is 0 Å². The fourth-order valence-electron chi connectivity index (χ4n) is 1.60. The van der Waals surface area contributed by atoms with Crippen LogP contribution >= 0.6 is 11.3 Å². The van der Waals surface area contributed by atoms with Gasteiger partial charge in [0.25, 0.3) is 0 Å². The topological polar surface area (TPSA) is 50.9 Å². The van der Waals surface area contributed by atoms with Gasteiger partial charge in [0, 0.05) is 29.9 Å². The third-order valence-corrected chi connectivity index (χ3v) is 3.58. The van der Waals surface area contributed by atoms with Gasteiger partial charge in [-0.05, 0) is 31.0 Å². The molecule has 2 rings (SSSR count). The first kappa shape index (κ1) is 12.1. The van der Waals surface area contributed by atoms with E-state index in [0.717, 1.165) is 35.0 Å². The van der Waals surface area contributed by atoms with Crippen molar-refractivity contribution in [2.75, 3.05) is 5.73 Å². The molecule has 3 N–H and O–H groups in total. The molecule has 0 aliphatic heterocycles. The standard InChI is InChI=1S/C13H17N3S/c1-9-3-4-11(5-12(9)14)6-15-7-13-16-10(2)8-17-13/h3-5,8,15H,6-7,14H2,1-2H3. The lowest BCUT2D eigenvalue weighted by Gasteiger charge is -2.06. The highest BCUT2D eigenvalue weighted by atomic mass is 32.1. The van der Waals surface area contributed by atoms with Crippen molar-refractivity contribution in [1.82, 2.24) is 10.3 Å². The lowest BCUT2D eigenvalue weighted by Crippen LogP contribution is -2.12. The Balaban J connectivity index is 1.87. The molecule has 0 aliphatic rings. The van der Waals surface area contributed by atoms with Gasteiger partial charge in [-0.15, -0.1) is 11.3 Å². The molecule has 17 heavy (non-hydrogen) atoms. The lowest BCUT2D eigenvalue weighted by atomic mass is 10.1. The van der Waals surface area contributed by atoms with E-state index in [9.17, 15) is 0 Å². The van der Waals surface area contributed by atoms with Gasteiger partial charge in [0.1, 0.15) is 5.01 Å². The highest BCUT2D eigenvalue weighted by Crippen LogP contribution is 2.13. The van der Waals surface area contributed by atoms with Crippen molar-refractivity contribution >= 4 is 17.0 Å². The van der Waals surface area contributed by atoms with Gasteiger partial charge in [-0.3, -0.25) is 0 Å². The SMILES string of the molecule is Cc1csc(CNCc2ccc(C)c(N)c2)n1. The molecule has 0 saturated heterocycles. The summed E-state index contributed by atoms with van der Waals surface area (Å²) in [6.07, 6.45) is 0. The summed E-state index contributed by atoms with van der Waals surface area (Å²) in [5.74, 6) is 0. The molecule has 0 bridgehead atoms. The maximum absolute atomic E-state index is 5.87. The van der Waals surface area contributed by atoms with Crippen LogP contribution in [0, 0.1) is 13.8 Å². The maximum atomic E-state index is 5.87. The molecule has 0 atom stereocenters. The summed E-state index contributed by atoms with van der Waals surface area (Å²) in [5, 5.41) is 6.57. The van der Waals surface area contributed by atoms with E-state index in [0.29, 0.717) is 0 Å². The zero-order valence-corrected chi connectivity index (χ0v) is 11.0. The number of aromatic nitrogens is 1. The summed E-state index contributed by atoms with van der Waals surface area (Å²) in [7, 11) is 0. The van der Waals surface area contributed by atoms with Crippen molar-refractivity contribution < 1.29 is 0 Å². The summed E-state index contributed by atoms with van der Waals surface area (Å²) in [6, 6.07) is 6.18. The summed E-state index contributed by atoms with van der Waals surface area (Å²) < 4.78 is 0. The van der Waals surface area contributed by atoms with Gasteiger partial charge < -0.3 is 11.1 Å². The van der Waals surface area contributed by atoms with Crippen LogP contribution in [0.5, 0.6) is 0 Å². The number of nitrogens with one attached hydrogen (secondary N) is 1. The van der Waals surface area contributed by atoms with Crippen LogP contribution in [-0.2, 0) is 13.1 Å². The minimum absolute atomic E-state index is 0.812. The Hall–Kier alpha value is -1.39. The number of hydrogen-bond donors (Lipinski definition) is 2. The molecule has 1 heterocycles. The normalized spacial score (nSPS) is 10.7. The van der Waals surface area contributed by atoms with Crippen LogP contribution in [0.2, 0.25) is 0 Å². The molecule has 90 valence electrons. The number of thiazole rings is 1. The molecule has 0 amide bonds. The van der Waals surface area contributed by atoms with Crippen molar-refractivity contribution in [1.29, 1.82) is 0 Å². The van der Waals surface area contributed by atoms with E-state index in [1.165, 1.54) is 5.56 Å². The molecule has 1 aromatic carbocycles. The molecule has 0 spiro atoms. The third kappa shape index (κ3) is 3.28. The van der Waals surface area contributed by atoms with E-state index < -0.39 is 0 Å². The summed E-state index contributed by atoms with van der Waals surface area (Å²) >= 11 is 1.69. The fraction of sp³-hybridized carbons (Fsp3) is 0.308. The molecule has 4 heteroatoms. The van der Waals surface area contributed by atoms with Gasteiger partial charge in [-0.2, -0.15) is 0 Å². The molecule has 2 aromatic rings. The van der Waals surface area contributed by atoms with Crippen LogP contribution < -0.4 is 11.1 Å². The van der Waals surface area contributed by atoms with Crippen LogP contribution in [-0.4, -0.2) is 4.98 Å². The third-order valence-electron chi connectivity index (χ3n) is 2.62. The van der Waals surface area contributed by atoms with Gasteiger partial charge >= 0.3 is 0 Å². The molecule has 0 saturated carbocycles. The van der Waals surface area contributed by atoms with Gasteiger partial charge in [0.15, 0.2) is 0 Å². The Labute approximate surface area is 106 Å². The van der Waals surface area contributed by atoms with Gasteiger partial charge in [0.2, 0.25) is 0 Å². The predicted octanol–water partition coefficient (Wildman–Crippen LogP) is 2.63. The number of hydrogen-bond acceptors (Lipinski definition) is 4. The number of benzene rings is 1. The monoisotopic (exact) mass is 247 g/mol. The molecule has 0 radical (unpaired) electrons. The minimum Gasteiger partial charge on any atom is -0.399 e. The van der Waals surface area contributed by atoms with Crippen LogP contribution in [0.3, 0.4) is 0 Å². The summed E-state index contributed by atoms with van der Waals surface area (Å²) in [6.45, 7) is 5.67. The maximum Gasteiger partial charge on any atom is 0.107 e. The van der Waals surface area contributed by atoms with Crippen molar-refractivity contribution in [3.8, 4) is 0 Å². The Morgan fingerprint density at radius 2 is 2.12 bits per heavy atom. The molecule has 0 unspecified atom stereocenters. The average molecular weight is 247 g/mol. The number of nitrogen functional groups attached to an aromatic ring is 1. The van der Waals surface area contributed by atoms with Crippen molar-refractivity contribution in [2.24, 2.45) is 0 Å².